The van der Waals surface area contributed by atoms with Crippen molar-refractivity contribution in [2.24, 2.45) is 5.92 Å². The van der Waals surface area contributed by atoms with Crippen molar-refractivity contribution >= 4 is 0 Å². The Bertz CT molecular complexity index is 159. The molecule has 3 atom stereocenters. The topological polar surface area (TPSA) is 44.3 Å². The van der Waals surface area contributed by atoms with Crippen LogP contribution in [0.2, 0.25) is 0 Å². The molecule has 1 saturated heterocycles. The molecular formula is C10H22N2O. The molecule has 78 valence electrons. The van der Waals surface area contributed by atoms with Gasteiger partial charge in [0.2, 0.25) is 0 Å². The van der Waals surface area contributed by atoms with E-state index in [4.69, 9.17) is 0 Å². The zero-order valence-electron chi connectivity index (χ0n) is 8.93. The van der Waals surface area contributed by atoms with Crippen molar-refractivity contribution in [3.8, 4) is 0 Å². The molecule has 0 bridgehead atoms. The maximum atomic E-state index is 10.1. The fraction of sp³-hybridized carbons (Fsp3) is 1.00. The minimum absolute atomic E-state index is 0.240. The Morgan fingerprint density at radius 1 is 1.62 bits per heavy atom. The van der Waals surface area contributed by atoms with Gasteiger partial charge in [-0.05, 0) is 39.3 Å². The summed E-state index contributed by atoms with van der Waals surface area (Å²) in [6, 6.07) is 0.240. The molecular weight excluding hydrogens is 164 g/mol. The van der Waals surface area contributed by atoms with Gasteiger partial charge in [-0.25, -0.2) is 0 Å². The van der Waals surface area contributed by atoms with Gasteiger partial charge in [-0.2, -0.15) is 0 Å². The van der Waals surface area contributed by atoms with Crippen molar-refractivity contribution in [2.75, 3.05) is 20.1 Å². The Labute approximate surface area is 80.9 Å². The quantitative estimate of drug-likeness (QED) is 0.596. The molecule has 1 aliphatic rings. The van der Waals surface area contributed by atoms with Gasteiger partial charge in [-0.15, -0.1) is 0 Å². The van der Waals surface area contributed by atoms with Gasteiger partial charge >= 0.3 is 0 Å². The van der Waals surface area contributed by atoms with Crippen molar-refractivity contribution in [1.29, 1.82) is 0 Å². The van der Waals surface area contributed by atoms with Gasteiger partial charge in [-0.1, -0.05) is 6.92 Å². The first kappa shape index (κ1) is 11.0. The minimum atomic E-state index is -0.622. The summed E-state index contributed by atoms with van der Waals surface area (Å²) >= 11 is 0. The Hall–Kier alpha value is -0.120. The van der Waals surface area contributed by atoms with Crippen LogP contribution in [-0.2, 0) is 0 Å². The van der Waals surface area contributed by atoms with E-state index in [1.165, 1.54) is 6.42 Å². The molecule has 1 heterocycles. The van der Waals surface area contributed by atoms with Gasteiger partial charge in [0.15, 0.2) is 0 Å². The Morgan fingerprint density at radius 2 is 2.31 bits per heavy atom. The summed E-state index contributed by atoms with van der Waals surface area (Å²) in [5.41, 5.74) is -0.622. The molecule has 1 aliphatic heterocycles. The third kappa shape index (κ3) is 2.93. The molecule has 3 nitrogen and oxygen atoms in total. The van der Waals surface area contributed by atoms with Crippen LogP contribution >= 0.6 is 0 Å². The van der Waals surface area contributed by atoms with E-state index in [2.05, 4.69) is 17.6 Å². The maximum Gasteiger partial charge on any atom is 0.0895 e. The number of piperidine rings is 1. The van der Waals surface area contributed by atoms with Gasteiger partial charge in [0.1, 0.15) is 0 Å². The number of nitrogens with one attached hydrogen (secondary N) is 2. The van der Waals surface area contributed by atoms with Crippen LogP contribution in [0.5, 0.6) is 0 Å². The Kier molecular flexibility index (Phi) is 3.71. The number of hydrogen-bond acceptors (Lipinski definition) is 3. The van der Waals surface area contributed by atoms with E-state index in [0.29, 0.717) is 6.54 Å². The van der Waals surface area contributed by atoms with E-state index < -0.39 is 5.60 Å². The van der Waals surface area contributed by atoms with Crippen LogP contribution in [0.15, 0.2) is 0 Å². The average Bonchev–Trinajstić information content (AvgIpc) is 2.04. The zero-order chi connectivity index (χ0) is 9.90. The Balaban J connectivity index is 2.48. The van der Waals surface area contributed by atoms with Gasteiger partial charge in [-0.3, -0.25) is 0 Å². The summed E-state index contributed by atoms with van der Waals surface area (Å²) in [6.07, 6.45) is 2.31. The van der Waals surface area contributed by atoms with E-state index in [-0.39, 0.29) is 6.04 Å². The molecule has 3 unspecified atom stereocenters. The SMILES string of the molecule is CNCC(C)(O)C1CC(C)CCN1. The van der Waals surface area contributed by atoms with Crippen molar-refractivity contribution in [3.05, 3.63) is 0 Å². The molecule has 0 spiro atoms. The normalized spacial score (nSPS) is 34.2. The van der Waals surface area contributed by atoms with Crippen molar-refractivity contribution < 1.29 is 5.11 Å². The Morgan fingerprint density at radius 3 is 2.85 bits per heavy atom. The molecule has 3 heteroatoms. The highest BCUT2D eigenvalue weighted by Crippen LogP contribution is 2.22. The van der Waals surface area contributed by atoms with Crippen molar-refractivity contribution in [2.45, 2.75) is 38.3 Å². The lowest BCUT2D eigenvalue weighted by atomic mass is 9.84. The molecule has 0 radical (unpaired) electrons. The molecule has 3 N–H and O–H groups in total. The van der Waals surface area contributed by atoms with Crippen LogP contribution in [0.4, 0.5) is 0 Å². The molecule has 0 amide bonds. The maximum absolute atomic E-state index is 10.1. The summed E-state index contributed by atoms with van der Waals surface area (Å²) in [6.45, 7) is 5.84. The van der Waals surface area contributed by atoms with Crippen LogP contribution in [0.25, 0.3) is 0 Å². The van der Waals surface area contributed by atoms with Crippen LogP contribution < -0.4 is 10.6 Å². The lowest BCUT2D eigenvalue weighted by molar-refractivity contribution is 0.00534. The third-order valence-electron chi connectivity index (χ3n) is 2.95. The fourth-order valence-corrected chi connectivity index (χ4v) is 2.06. The number of likely N-dealkylation sites (N-methyl/N-ethyl adjacent to an activating group) is 1. The van der Waals surface area contributed by atoms with Crippen LogP contribution in [0, 0.1) is 5.92 Å². The molecule has 0 aromatic heterocycles. The summed E-state index contributed by atoms with van der Waals surface area (Å²) < 4.78 is 0. The van der Waals surface area contributed by atoms with Crippen molar-refractivity contribution in [1.82, 2.24) is 10.6 Å². The second-order valence-corrected chi connectivity index (χ2v) is 4.52. The zero-order valence-corrected chi connectivity index (χ0v) is 8.93. The molecule has 0 saturated carbocycles. The summed E-state index contributed by atoms with van der Waals surface area (Å²) in [5, 5.41) is 16.5. The first-order valence-corrected chi connectivity index (χ1v) is 5.16. The predicted octanol–water partition coefficient (Wildman–Crippen LogP) is 0.345. The third-order valence-corrected chi connectivity index (χ3v) is 2.95. The first-order chi connectivity index (χ1) is 6.06. The fourth-order valence-electron chi connectivity index (χ4n) is 2.06. The highest BCUT2D eigenvalue weighted by molar-refractivity contribution is 4.92. The molecule has 13 heavy (non-hydrogen) atoms. The van der Waals surface area contributed by atoms with Gasteiger partial charge < -0.3 is 15.7 Å². The molecule has 0 aromatic carbocycles. The number of hydrogen-bond donors (Lipinski definition) is 3. The van der Waals surface area contributed by atoms with E-state index in [1.807, 2.05) is 14.0 Å². The minimum Gasteiger partial charge on any atom is -0.387 e. The highest BCUT2D eigenvalue weighted by Gasteiger charge is 2.33. The number of aliphatic hydroxyl groups is 1. The van der Waals surface area contributed by atoms with E-state index in [1.54, 1.807) is 0 Å². The number of rotatable bonds is 3. The highest BCUT2D eigenvalue weighted by atomic mass is 16.3. The van der Waals surface area contributed by atoms with E-state index in [0.717, 1.165) is 18.9 Å². The standard InChI is InChI=1S/C10H22N2O/c1-8-4-5-12-9(6-8)10(2,13)7-11-3/h8-9,11-13H,4-7H2,1-3H3. The predicted molar refractivity (Wildman–Crippen MR) is 54.7 cm³/mol. The lowest BCUT2D eigenvalue weighted by Gasteiger charge is -2.38. The van der Waals surface area contributed by atoms with Crippen LogP contribution in [-0.4, -0.2) is 36.9 Å². The summed E-state index contributed by atoms with van der Waals surface area (Å²) in [4.78, 5) is 0. The van der Waals surface area contributed by atoms with Gasteiger partial charge in [0, 0.05) is 12.6 Å². The van der Waals surface area contributed by atoms with Crippen LogP contribution in [0.1, 0.15) is 26.7 Å². The second kappa shape index (κ2) is 4.40. The summed E-state index contributed by atoms with van der Waals surface area (Å²) in [5.74, 6) is 0.731. The summed E-state index contributed by atoms with van der Waals surface area (Å²) in [7, 11) is 1.88. The lowest BCUT2D eigenvalue weighted by Crippen LogP contribution is -2.56. The second-order valence-electron chi connectivity index (χ2n) is 4.52. The average molecular weight is 186 g/mol. The smallest absolute Gasteiger partial charge is 0.0895 e. The largest absolute Gasteiger partial charge is 0.387 e. The van der Waals surface area contributed by atoms with Crippen LogP contribution in [0.3, 0.4) is 0 Å². The first-order valence-electron chi connectivity index (χ1n) is 5.16. The van der Waals surface area contributed by atoms with Crippen molar-refractivity contribution in [3.63, 3.8) is 0 Å². The molecule has 0 aromatic rings. The molecule has 1 rings (SSSR count). The molecule has 0 aliphatic carbocycles. The van der Waals surface area contributed by atoms with E-state index >= 15 is 0 Å². The van der Waals surface area contributed by atoms with E-state index in [9.17, 15) is 5.11 Å². The van der Waals surface area contributed by atoms with Gasteiger partial charge in [0.25, 0.3) is 0 Å². The molecule has 1 fully saturated rings. The van der Waals surface area contributed by atoms with Gasteiger partial charge in [0.05, 0.1) is 5.60 Å². The monoisotopic (exact) mass is 186 g/mol.